The van der Waals surface area contributed by atoms with Crippen LogP contribution in [0, 0.1) is 0 Å². The maximum atomic E-state index is 12.1. The van der Waals surface area contributed by atoms with E-state index in [2.05, 4.69) is 15.9 Å². The lowest BCUT2D eigenvalue weighted by atomic mass is 10.3. The van der Waals surface area contributed by atoms with Gasteiger partial charge in [-0.15, -0.1) is 0 Å². The van der Waals surface area contributed by atoms with Crippen molar-refractivity contribution in [2.45, 2.75) is 16.6 Å². The van der Waals surface area contributed by atoms with Gasteiger partial charge in [0.25, 0.3) is 0 Å². The van der Waals surface area contributed by atoms with Crippen molar-refractivity contribution in [1.29, 1.82) is 0 Å². The molecule has 0 saturated heterocycles. The van der Waals surface area contributed by atoms with Gasteiger partial charge >= 0.3 is 0 Å². The van der Waals surface area contributed by atoms with Crippen LogP contribution >= 0.6 is 15.9 Å². The van der Waals surface area contributed by atoms with Gasteiger partial charge in [0.05, 0.1) is 12.0 Å². The monoisotopic (exact) mass is 321 g/mol. The van der Waals surface area contributed by atoms with Crippen LogP contribution < -0.4 is 4.74 Å². The fourth-order valence-corrected chi connectivity index (χ4v) is 3.27. The summed E-state index contributed by atoms with van der Waals surface area (Å²) in [6, 6.07) is 6.36. The molecule has 0 radical (unpaired) electrons. The topological polar surface area (TPSA) is 46.6 Å². The number of halogens is 1. The first-order valence-corrected chi connectivity index (χ1v) is 7.48. The first-order valence-electron chi connectivity index (χ1n) is 5.12. The molecule has 0 saturated carbocycles. The van der Waals surface area contributed by atoms with E-state index in [1.54, 1.807) is 38.4 Å². The smallest absolute Gasteiger partial charge is 0.242 e. The Bertz CT molecular complexity index is 456. The highest BCUT2D eigenvalue weighted by atomic mass is 79.9. The van der Waals surface area contributed by atoms with E-state index in [9.17, 15) is 8.42 Å². The Morgan fingerprint density at radius 2 is 1.88 bits per heavy atom. The molecule has 96 valence electrons. The molecular formula is C11H16BrNO3S. The molecule has 0 aliphatic heterocycles. The number of hydrogen-bond acceptors (Lipinski definition) is 3. The van der Waals surface area contributed by atoms with Crippen LogP contribution in [0.2, 0.25) is 0 Å². The van der Waals surface area contributed by atoms with E-state index >= 15 is 0 Å². The molecule has 1 aromatic carbocycles. The summed E-state index contributed by atoms with van der Waals surface area (Å²) < 4.78 is 30.6. The second-order valence-corrected chi connectivity index (χ2v) is 7.35. The van der Waals surface area contributed by atoms with Crippen molar-refractivity contribution in [3.63, 3.8) is 0 Å². The van der Waals surface area contributed by atoms with Crippen molar-refractivity contribution in [1.82, 2.24) is 4.31 Å². The van der Waals surface area contributed by atoms with Gasteiger partial charge in [0.15, 0.2) is 0 Å². The highest BCUT2D eigenvalue weighted by molar-refractivity contribution is 9.09. The largest absolute Gasteiger partial charge is 0.497 e. The number of hydrogen-bond donors (Lipinski definition) is 0. The van der Waals surface area contributed by atoms with Crippen LogP contribution in [-0.2, 0) is 10.0 Å². The van der Waals surface area contributed by atoms with Gasteiger partial charge < -0.3 is 4.74 Å². The zero-order chi connectivity index (χ0) is 13.1. The first-order chi connectivity index (χ1) is 7.87. The minimum absolute atomic E-state index is 0.112. The van der Waals surface area contributed by atoms with E-state index in [1.165, 1.54) is 4.31 Å². The number of alkyl halides is 1. The summed E-state index contributed by atoms with van der Waals surface area (Å²) in [5, 5.41) is 0. The van der Waals surface area contributed by atoms with Crippen LogP contribution in [-0.4, -0.2) is 38.3 Å². The number of rotatable bonds is 5. The Morgan fingerprint density at radius 3 is 2.29 bits per heavy atom. The highest BCUT2D eigenvalue weighted by Gasteiger charge is 2.21. The van der Waals surface area contributed by atoms with E-state index in [0.29, 0.717) is 12.3 Å². The fourth-order valence-electron chi connectivity index (χ4n) is 1.38. The van der Waals surface area contributed by atoms with Gasteiger partial charge in [-0.2, -0.15) is 4.31 Å². The molecule has 0 fully saturated rings. The van der Waals surface area contributed by atoms with E-state index in [0.717, 1.165) is 0 Å². The molecule has 0 spiro atoms. The molecule has 4 nitrogen and oxygen atoms in total. The molecule has 1 unspecified atom stereocenters. The van der Waals surface area contributed by atoms with Gasteiger partial charge in [0.1, 0.15) is 5.75 Å². The van der Waals surface area contributed by atoms with Crippen molar-refractivity contribution in [3.8, 4) is 5.75 Å². The summed E-state index contributed by atoms with van der Waals surface area (Å²) in [5.74, 6) is 0.639. The van der Waals surface area contributed by atoms with Crippen molar-refractivity contribution < 1.29 is 13.2 Å². The lowest BCUT2D eigenvalue weighted by Crippen LogP contribution is -2.31. The summed E-state index contributed by atoms with van der Waals surface area (Å²) in [7, 11) is -0.301. The zero-order valence-corrected chi connectivity index (χ0v) is 12.5. The fraction of sp³-hybridized carbons (Fsp3) is 0.455. The van der Waals surface area contributed by atoms with Gasteiger partial charge in [-0.25, -0.2) is 8.42 Å². The van der Waals surface area contributed by atoms with Gasteiger partial charge in [0.2, 0.25) is 10.0 Å². The van der Waals surface area contributed by atoms with E-state index in [1.807, 2.05) is 6.92 Å². The van der Waals surface area contributed by atoms with Crippen LogP contribution in [0.1, 0.15) is 6.92 Å². The molecule has 0 aliphatic carbocycles. The maximum absolute atomic E-state index is 12.1. The third kappa shape index (κ3) is 3.69. The normalized spacial score (nSPS) is 13.7. The highest BCUT2D eigenvalue weighted by Crippen LogP contribution is 2.19. The summed E-state index contributed by atoms with van der Waals surface area (Å²) in [6.45, 7) is 2.33. The number of nitrogens with zero attached hydrogens (tertiary/aromatic N) is 1. The number of sulfonamides is 1. The Kier molecular flexibility index (Phi) is 4.97. The maximum Gasteiger partial charge on any atom is 0.242 e. The van der Waals surface area contributed by atoms with Gasteiger partial charge in [-0.3, -0.25) is 0 Å². The Hall–Kier alpha value is -0.590. The molecule has 17 heavy (non-hydrogen) atoms. The predicted octanol–water partition coefficient (Wildman–Crippen LogP) is 2.10. The Labute approximate surface area is 111 Å². The second-order valence-electron chi connectivity index (χ2n) is 3.74. The molecule has 6 heteroatoms. The average Bonchev–Trinajstić information content (AvgIpc) is 2.28. The molecule has 0 aromatic heterocycles. The van der Waals surface area contributed by atoms with Gasteiger partial charge in [-0.1, -0.05) is 22.9 Å². The van der Waals surface area contributed by atoms with Gasteiger partial charge in [0, 0.05) is 18.4 Å². The molecule has 1 atom stereocenters. The minimum atomic E-state index is -3.41. The lowest BCUT2D eigenvalue weighted by Gasteiger charge is -2.18. The van der Waals surface area contributed by atoms with Crippen LogP contribution in [0.15, 0.2) is 29.2 Å². The molecule has 1 rings (SSSR count). The summed E-state index contributed by atoms with van der Waals surface area (Å²) in [6.07, 6.45) is 0. The van der Waals surface area contributed by atoms with Crippen molar-refractivity contribution >= 4 is 26.0 Å². The minimum Gasteiger partial charge on any atom is -0.497 e. The standard InChI is InChI=1S/C11H16BrNO3S/c1-9(12)8-13(2)17(14,15)11-6-4-10(16-3)5-7-11/h4-7,9H,8H2,1-3H3. The SMILES string of the molecule is COc1ccc(S(=O)(=O)N(C)CC(C)Br)cc1. The molecule has 0 aliphatic rings. The second kappa shape index (κ2) is 5.84. The summed E-state index contributed by atoms with van der Waals surface area (Å²) >= 11 is 3.34. The number of methoxy groups -OCH3 is 1. The average molecular weight is 322 g/mol. The molecular weight excluding hydrogens is 306 g/mol. The van der Waals surface area contributed by atoms with Crippen molar-refractivity contribution in [2.75, 3.05) is 20.7 Å². The lowest BCUT2D eigenvalue weighted by molar-refractivity contribution is 0.414. The van der Waals surface area contributed by atoms with Crippen LogP contribution in [0.5, 0.6) is 5.75 Å². The van der Waals surface area contributed by atoms with E-state index in [4.69, 9.17) is 4.74 Å². The Balaban J connectivity index is 2.96. The quantitative estimate of drug-likeness (QED) is 0.780. The summed E-state index contributed by atoms with van der Waals surface area (Å²) in [4.78, 5) is 0.384. The van der Waals surface area contributed by atoms with Gasteiger partial charge in [-0.05, 0) is 24.3 Å². The van der Waals surface area contributed by atoms with Crippen molar-refractivity contribution in [2.24, 2.45) is 0 Å². The molecule has 0 N–H and O–H groups in total. The third-order valence-corrected chi connectivity index (χ3v) is 4.40. The third-order valence-electron chi connectivity index (χ3n) is 2.28. The number of ether oxygens (including phenoxy) is 1. The summed E-state index contributed by atoms with van der Waals surface area (Å²) in [5.41, 5.74) is 0. The van der Waals surface area contributed by atoms with E-state index in [-0.39, 0.29) is 9.72 Å². The molecule has 0 heterocycles. The molecule has 1 aromatic rings. The predicted molar refractivity (Wildman–Crippen MR) is 71.2 cm³/mol. The van der Waals surface area contributed by atoms with Crippen LogP contribution in [0.3, 0.4) is 0 Å². The molecule has 0 bridgehead atoms. The Morgan fingerprint density at radius 1 is 1.35 bits per heavy atom. The first kappa shape index (κ1) is 14.5. The zero-order valence-electron chi connectivity index (χ0n) is 10.1. The molecule has 0 amide bonds. The number of benzene rings is 1. The van der Waals surface area contributed by atoms with Crippen LogP contribution in [0.4, 0.5) is 0 Å². The van der Waals surface area contributed by atoms with Crippen molar-refractivity contribution in [3.05, 3.63) is 24.3 Å². The van der Waals surface area contributed by atoms with Crippen LogP contribution in [0.25, 0.3) is 0 Å². The van der Waals surface area contributed by atoms with E-state index < -0.39 is 10.0 Å².